The largest absolute Gasteiger partial charge is 0.437 e. The van der Waals surface area contributed by atoms with Crippen molar-refractivity contribution in [2.75, 3.05) is 13.1 Å². The van der Waals surface area contributed by atoms with Gasteiger partial charge in [-0.3, -0.25) is 4.79 Å². The average Bonchev–Trinajstić information content (AvgIpc) is 3.42. The number of likely N-dealkylation sites (tertiary alicyclic amines) is 1. The zero-order valence-electron chi connectivity index (χ0n) is 17.4. The molecule has 1 fully saturated rings. The number of hydrogen-bond acceptors (Lipinski definition) is 5. The lowest BCUT2D eigenvalue weighted by Gasteiger charge is -2.28. The van der Waals surface area contributed by atoms with Crippen molar-refractivity contribution >= 4 is 22.8 Å². The molecular weight excluding hydrogens is 378 g/mol. The highest BCUT2D eigenvalue weighted by Crippen LogP contribution is 2.25. The minimum atomic E-state index is -0.336. The minimum Gasteiger partial charge on any atom is -0.437 e. The topological polar surface area (TPSA) is 83.1 Å². The number of ether oxygens (including phenoxy) is 1. The van der Waals surface area contributed by atoms with Crippen LogP contribution in [0, 0.1) is 5.92 Å². The molecule has 1 amide bonds. The van der Waals surface area contributed by atoms with E-state index in [1.54, 1.807) is 6.20 Å². The van der Waals surface area contributed by atoms with Gasteiger partial charge in [0.25, 0.3) is 0 Å². The zero-order chi connectivity index (χ0) is 21.1. The number of amides is 1. The van der Waals surface area contributed by atoms with Crippen molar-refractivity contribution < 1.29 is 9.53 Å². The van der Waals surface area contributed by atoms with E-state index in [4.69, 9.17) is 4.74 Å². The van der Waals surface area contributed by atoms with Crippen molar-refractivity contribution in [3.05, 3.63) is 54.9 Å². The molecule has 0 spiro atoms. The van der Waals surface area contributed by atoms with Crippen molar-refractivity contribution in [1.29, 1.82) is 0 Å². The van der Waals surface area contributed by atoms with Crippen LogP contribution in [-0.4, -0.2) is 44.9 Å². The third-order valence-corrected chi connectivity index (χ3v) is 5.33. The van der Waals surface area contributed by atoms with Gasteiger partial charge in [-0.2, -0.15) is 0 Å². The molecular formula is C23H27N5O2. The Bertz CT molecular complexity index is 1040. The third-order valence-electron chi connectivity index (χ3n) is 5.33. The molecule has 1 saturated heterocycles. The summed E-state index contributed by atoms with van der Waals surface area (Å²) in [6, 6.07) is 9.12. The van der Waals surface area contributed by atoms with Crippen LogP contribution in [0.3, 0.4) is 0 Å². The first-order valence-electron chi connectivity index (χ1n) is 10.3. The van der Waals surface area contributed by atoms with E-state index in [9.17, 15) is 4.79 Å². The zero-order valence-corrected chi connectivity index (χ0v) is 17.4. The summed E-state index contributed by atoms with van der Waals surface area (Å²) in [7, 11) is 0. The molecule has 0 saturated carbocycles. The summed E-state index contributed by atoms with van der Waals surface area (Å²) >= 11 is 0. The summed E-state index contributed by atoms with van der Waals surface area (Å²) < 4.78 is 5.82. The standard InChI is InChI=1S/C23H27N5O2/c1-15(2)20(23(29)28-11-7-8-12-28)26-16(3)18-13-24-22-21(18)27-19(14-25-22)30-17-9-5-4-6-10-17/h4-6,9-10,13-15,20,26H,3,7-8,11-12H2,1-2H3,(H,24,25). The molecule has 4 rings (SSSR count). The van der Waals surface area contributed by atoms with Crippen molar-refractivity contribution in [3.63, 3.8) is 0 Å². The second kappa shape index (κ2) is 8.57. The Hall–Kier alpha value is -3.35. The molecule has 156 valence electrons. The molecule has 2 aromatic heterocycles. The molecule has 0 radical (unpaired) electrons. The summed E-state index contributed by atoms with van der Waals surface area (Å²) in [6.07, 6.45) is 5.53. The van der Waals surface area contributed by atoms with Gasteiger partial charge in [-0.1, -0.05) is 38.6 Å². The Morgan fingerprint density at radius 3 is 2.67 bits per heavy atom. The maximum atomic E-state index is 13.0. The second-order valence-corrected chi connectivity index (χ2v) is 7.90. The lowest BCUT2D eigenvalue weighted by Crippen LogP contribution is -2.47. The van der Waals surface area contributed by atoms with Crippen LogP contribution in [0.1, 0.15) is 32.3 Å². The van der Waals surface area contributed by atoms with Crippen LogP contribution in [0.25, 0.3) is 16.9 Å². The molecule has 1 aromatic carbocycles. The first-order valence-corrected chi connectivity index (χ1v) is 10.3. The fourth-order valence-electron chi connectivity index (χ4n) is 3.68. The Kier molecular flexibility index (Phi) is 5.70. The van der Waals surface area contributed by atoms with E-state index in [2.05, 4.69) is 26.8 Å². The van der Waals surface area contributed by atoms with E-state index in [0.717, 1.165) is 31.5 Å². The van der Waals surface area contributed by atoms with E-state index >= 15 is 0 Å². The Morgan fingerprint density at radius 1 is 1.23 bits per heavy atom. The predicted molar refractivity (Wildman–Crippen MR) is 117 cm³/mol. The molecule has 3 heterocycles. The molecule has 30 heavy (non-hydrogen) atoms. The van der Waals surface area contributed by atoms with Crippen molar-refractivity contribution in [1.82, 2.24) is 25.2 Å². The number of carbonyl (C=O) groups is 1. The fourth-order valence-corrected chi connectivity index (χ4v) is 3.68. The number of nitrogens with zero attached hydrogens (tertiary/aromatic N) is 3. The van der Waals surface area contributed by atoms with Gasteiger partial charge in [0, 0.05) is 30.5 Å². The Labute approximate surface area is 176 Å². The van der Waals surface area contributed by atoms with Crippen LogP contribution in [0.2, 0.25) is 0 Å². The number of carbonyl (C=O) groups excluding carboxylic acids is 1. The monoisotopic (exact) mass is 405 g/mol. The summed E-state index contributed by atoms with van der Waals surface area (Å²) in [5, 5.41) is 3.34. The quantitative estimate of drug-likeness (QED) is 0.622. The second-order valence-electron chi connectivity index (χ2n) is 7.90. The molecule has 3 aromatic rings. The summed E-state index contributed by atoms with van der Waals surface area (Å²) in [4.78, 5) is 27.1. The van der Waals surface area contributed by atoms with Crippen LogP contribution in [-0.2, 0) is 4.79 Å². The lowest BCUT2D eigenvalue weighted by atomic mass is 10.0. The van der Waals surface area contributed by atoms with Gasteiger partial charge < -0.3 is 19.9 Å². The highest BCUT2D eigenvalue weighted by atomic mass is 16.5. The molecule has 0 bridgehead atoms. The van der Waals surface area contributed by atoms with Crippen molar-refractivity contribution in [3.8, 4) is 11.6 Å². The molecule has 1 atom stereocenters. The molecule has 1 aliphatic heterocycles. The first-order chi connectivity index (χ1) is 14.5. The summed E-state index contributed by atoms with van der Waals surface area (Å²) in [5.74, 6) is 1.35. The number of H-pyrrole nitrogens is 1. The van der Waals surface area contributed by atoms with Gasteiger partial charge in [0.05, 0.1) is 6.20 Å². The maximum absolute atomic E-state index is 13.0. The number of aromatic amines is 1. The van der Waals surface area contributed by atoms with Crippen LogP contribution in [0.15, 0.2) is 49.3 Å². The predicted octanol–water partition coefficient (Wildman–Crippen LogP) is 3.96. The van der Waals surface area contributed by atoms with Crippen molar-refractivity contribution in [2.24, 2.45) is 5.92 Å². The van der Waals surface area contributed by atoms with E-state index in [1.165, 1.54) is 0 Å². The minimum absolute atomic E-state index is 0.127. The van der Waals surface area contributed by atoms with Gasteiger partial charge in [0.1, 0.15) is 17.3 Å². The smallest absolute Gasteiger partial charge is 0.245 e. The van der Waals surface area contributed by atoms with Gasteiger partial charge in [-0.05, 0) is 30.9 Å². The van der Waals surface area contributed by atoms with Gasteiger partial charge in [-0.15, -0.1) is 0 Å². The fraction of sp³-hybridized carbons (Fsp3) is 0.348. The van der Waals surface area contributed by atoms with Crippen LogP contribution in [0.5, 0.6) is 11.6 Å². The number of aromatic nitrogens is 3. The van der Waals surface area contributed by atoms with Gasteiger partial charge in [0.15, 0.2) is 5.65 Å². The maximum Gasteiger partial charge on any atom is 0.245 e. The molecule has 1 aliphatic rings. The number of fused-ring (bicyclic) bond motifs is 1. The summed E-state index contributed by atoms with van der Waals surface area (Å²) in [6.45, 7) is 9.92. The van der Waals surface area contributed by atoms with E-state index in [-0.39, 0.29) is 17.9 Å². The SMILES string of the molecule is C=C(NC(C(=O)N1CCCC1)C(C)C)c1c[nH]c2ncc(Oc3ccccc3)nc12. The number of rotatable bonds is 7. The third kappa shape index (κ3) is 4.15. The van der Waals surface area contributed by atoms with Gasteiger partial charge in [0.2, 0.25) is 11.8 Å². The highest BCUT2D eigenvalue weighted by Gasteiger charge is 2.29. The average molecular weight is 406 g/mol. The number of hydrogen-bond donors (Lipinski definition) is 2. The van der Waals surface area contributed by atoms with E-state index < -0.39 is 0 Å². The lowest BCUT2D eigenvalue weighted by molar-refractivity contribution is -0.133. The number of nitrogens with one attached hydrogen (secondary N) is 2. The molecule has 1 unspecified atom stereocenters. The normalized spacial score (nSPS) is 14.8. The Morgan fingerprint density at radius 2 is 1.97 bits per heavy atom. The van der Waals surface area contributed by atoms with E-state index in [0.29, 0.717) is 28.5 Å². The van der Waals surface area contributed by atoms with E-state index in [1.807, 2.05) is 55.3 Å². The number of para-hydroxylation sites is 1. The molecule has 0 aliphatic carbocycles. The first kappa shape index (κ1) is 19.9. The molecule has 7 heteroatoms. The number of benzene rings is 1. The molecule has 7 nitrogen and oxygen atoms in total. The Balaban J connectivity index is 1.56. The summed E-state index contributed by atoms with van der Waals surface area (Å²) in [5.41, 5.74) is 2.70. The van der Waals surface area contributed by atoms with Gasteiger partial charge in [-0.25, -0.2) is 9.97 Å². The van der Waals surface area contributed by atoms with Crippen LogP contribution < -0.4 is 10.1 Å². The van der Waals surface area contributed by atoms with Crippen LogP contribution in [0.4, 0.5) is 0 Å². The van der Waals surface area contributed by atoms with Crippen LogP contribution >= 0.6 is 0 Å². The van der Waals surface area contributed by atoms with Gasteiger partial charge >= 0.3 is 0 Å². The molecule has 2 N–H and O–H groups in total. The highest BCUT2D eigenvalue weighted by molar-refractivity contribution is 5.89. The van der Waals surface area contributed by atoms with Crippen molar-refractivity contribution in [2.45, 2.75) is 32.7 Å².